The van der Waals surface area contributed by atoms with Crippen LogP contribution in [-0.4, -0.2) is 19.5 Å². The first-order chi connectivity index (χ1) is 10.9. The van der Waals surface area contributed by atoms with E-state index in [1.165, 1.54) is 17.0 Å². The van der Waals surface area contributed by atoms with Gasteiger partial charge in [-0.05, 0) is 17.1 Å². The van der Waals surface area contributed by atoms with Crippen LogP contribution in [0, 0.1) is 10.1 Å². The van der Waals surface area contributed by atoms with Crippen molar-refractivity contribution in [1.29, 1.82) is 0 Å². The highest BCUT2D eigenvalue weighted by Crippen LogP contribution is 2.34. The maximum atomic E-state index is 11.0. The summed E-state index contributed by atoms with van der Waals surface area (Å²) in [5, 5.41) is 12.7. The minimum atomic E-state index is -0.507. The van der Waals surface area contributed by atoms with Crippen LogP contribution in [-0.2, 0) is 7.05 Å². The monoisotopic (exact) mass is 348 g/mol. The summed E-state index contributed by atoms with van der Waals surface area (Å²) >= 11 is 12.3. The first-order valence-corrected chi connectivity index (χ1v) is 7.25. The van der Waals surface area contributed by atoms with Crippen LogP contribution in [0.2, 0.25) is 10.0 Å². The number of benzene rings is 1. The normalized spacial score (nSPS) is 10.9. The fourth-order valence-corrected chi connectivity index (χ4v) is 2.83. The Bertz CT molecular complexity index is 966. The fourth-order valence-electron chi connectivity index (χ4n) is 2.40. The van der Waals surface area contributed by atoms with Crippen LogP contribution < -0.4 is 0 Å². The van der Waals surface area contributed by atoms with E-state index >= 15 is 0 Å². The van der Waals surface area contributed by atoms with Crippen molar-refractivity contribution in [1.82, 2.24) is 14.5 Å². The van der Waals surface area contributed by atoms with Crippen LogP contribution in [0.4, 0.5) is 5.82 Å². The Hall–Kier alpha value is -2.44. The quantitative estimate of drug-likeness (QED) is 0.523. The van der Waals surface area contributed by atoms with Gasteiger partial charge in [0.1, 0.15) is 6.20 Å². The van der Waals surface area contributed by atoms with Gasteiger partial charge >= 0.3 is 5.82 Å². The van der Waals surface area contributed by atoms with E-state index in [-0.39, 0.29) is 5.82 Å². The summed E-state index contributed by atoms with van der Waals surface area (Å²) in [7, 11) is 1.55. The number of rotatable bonds is 3. The summed E-state index contributed by atoms with van der Waals surface area (Å²) in [4.78, 5) is 18.9. The van der Waals surface area contributed by atoms with Crippen LogP contribution in [0.3, 0.4) is 0 Å². The number of nitrogens with zero attached hydrogens (tertiary/aromatic N) is 4. The number of nitro groups is 1. The summed E-state index contributed by atoms with van der Waals surface area (Å²) in [6, 6.07) is 5.27. The molecule has 116 valence electrons. The number of hydrogen-bond donors (Lipinski definition) is 0. The SMILES string of the molecule is C=C(c1c(Cl)ccc2cc(Cl)cnc12)c1ncc([N+](=O)[O-])n1C. The third-order valence-electron chi connectivity index (χ3n) is 3.49. The van der Waals surface area contributed by atoms with Gasteiger partial charge in [-0.2, -0.15) is 0 Å². The van der Waals surface area contributed by atoms with Crippen LogP contribution in [0.1, 0.15) is 11.4 Å². The molecule has 0 fully saturated rings. The molecular formula is C15H10Cl2N4O2. The molecule has 0 N–H and O–H groups in total. The van der Waals surface area contributed by atoms with E-state index in [0.29, 0.717) is 32.5 Å². The lowest BCUT2D eigenvalue weighted by molar-refractivity contribution is -0.391. The third-order valence-corrected chi connectivity index (χ3v) is 4.01. The molecule has 0 atom stereocenters. The molecule has 8 heteroatoms. The van der Waals surface area contributed by atoms with E-state index in [0.717, 1.165) is 5.39 Å². The molecule has 3 rings (SSSR count). The zero-order chi connectivity index (χ0) is 16.7. The molecule has 0 aliphatic carbocycles. The van der Waals surface area contributed by atoms with Gasteiger partial charge in [0.15, 0.2) is 0 Å². The first kappa shape index (κ1) is 15.5. The van der Waals surface area contributed by atoms with E-state index in [4.69, 9.17) is 23.2 Å². The average Bonchev–Trinajstić information content (AvgIpc) is 2.88. The highest BCUT2D eigenvalue weighted by Gasteiger charge is 2.22. The molecule has 2 aromatic heterocycles. The van der Waals surface area contributed by atoms with Gasteiger partial charge in [0.2, 0.25) is 5.82 Å². The topological polar surface area (TPSA) is 73.8 Å². The van der Waals surface area contributed by atoms with Crippen molar-refractivity contribution in [2.75, 3.05) is 0 Å². The molecule has 0 spiro atoms. The average molecular weight is 349 g/mol. The minimum absolute atomic E-state index is 0.131. The van der Waals surface area contributed by atoms with Crippen molar-refractivity contribution in [3.63, 3.8) is 0 Å². The summed E-state index contributed by atoms with van der Waals surface area (Å²) in [6.45, 7) is 4.00. The number of halogens is 2. The zero-order valence-corrected chi connectivity index (χ0v) is 13.5. The van der Waals surface area contributed by atoms with Crippen molar-refractivity contribution < 1.29 is 4.92 Å². The van der Waals surface area contributed by atoms with Gasteiger partial charge in [-0.3, -0.25) is 4.98 Å². The fraction of sp³-hybridized carbons (Fsp3) is 0.0667. The third kappa shape index (κ3) is 2.56. The molecule has 0 saturated heterocycles. The van der Waals surface area contributed by atoms with Gasteiger partial charge in [-0.1, -0.05) is 35.8 Å². The van der Waals surface area contributed by atoms with Gasteiger partial charge in [0, 0.05) is 22.7 Å². The lowest BCUT2D eigenvalue weighted by Crippen LogP contribution is -2.03. The molecule has 6 nitrogen and oxygen atoms in total. The van der Waals surface area contributed by atoms with Gasteiger partial charge in [0.25, 0.3) is 0 Å². The molecule has 1 aromatic carbocycles. The Morgan fingerprint density at radius 2 is 2.04 bits per heavy atom. The molecule has 23 heavy (non-hydrogen) atoms. The Balaban J connectivity index is 2.22. The van der Waals surface area contributed by atoms with E-state index < -0.39 is 4.92 Å². The Kier molecular flexibility index (Phi) is 3.79. The molecule has 0 aliphatic heterocycles. The van der Waals surface area contributed by atoms with Crippen molar-refractivity contribution in [2.45, 2.75) is 0 Å². The molecule has 2 heterocycles. The summed E-state index contributed by atoms with van der Waals surface area (Å²) in [6.07, 6.45) is 2.70. The molecule has 0 amide bonds. The second kappa shape index (κ2) is 5.64. The van der Waals surface area contributed by atoms with Gasteiger partial charge in [-0.25, -0.2) is 9.55 Å². The number of fused-ring (bicyclic) bond motifs is 1. The maximum absolute atomic E-state index is 11.0. The lowest BCUT2D eigenvalue weighted by atomic mass is 10.0. The predicted octanol–water partition coefficient (Wildman–Crippen LogP) is 4.24. The standard InChI is InChI=1S/C15H10Cl2N4O2/c1-8(15-19-7-12(20(15)2)21(22)23)13-11(17)4-3-9-5-10(16)6-18-14(9)13/h3-7H,1H2,2H3. The van der Waals surface area contributed by atoms with Crippen LogP contribution in [0.15, 0.2) is 37.2 Å². The van der Waals surface area contributed by atoms with E-state index in [2.05, 4.69) is 16.5 Å². The molecular weight excluding hydrogens is 339 g/mol. The maximum Gasteiger partial charge on any atom is 0.342 e. The Labute approximate surface area is 141 Å². The largest absolute Gasteiger partial charge is 0.358 e. The lowest BCUT2D eigenvalue weighted by Gasteiger charge is -2.09. The van der Waals surface area contributed by atoms with Crippen molar-refractivity contribution in [3.8, 4) is 0 Å². The summed E-state index contributed by atoms with van der Waals surface area (Å²) in [5.41, 5.74) is 1.63. The van der Waals surface area contributed by atoms with Crippen LogP contribution in [0.5, 0.6) is 0 Å². The molecule has 0 radical (unpaired) electrons. The number of pyridine rings is 1. The van der Waals surface area contributed by atoms with Crippen molar-refractivity contribution in [2.24, 2.45) is 7.05 Å². The molecule has 0 aliphatic rings. The minimum Gasteiger partial charge on any atom is -0.358 e. The number of imidazole rings is 1. The Morgan fingerprint density at radius 1 is 1.30 bits per heavy atom. The molecule has 0 saturated carbocycles. The van der Waals surface area contributed by atoms with Gasteiger partial charge in [0.05, 0.1) is 22.6 Å². The molecule has 0 unspecified atom stereocenters. The predicted molar refractivity (Wildman–Crippen MR) is 89.8 cm³/mol. The van der Waals surface area contributed by atoms with E-state index in [9.17, 15) is 10.1 Å². The Morgan fingerprint density at radius 3 is 2.70 bits per heavy atom. The van der Waals surface area contributed by atoms with Crippen molar-refractivity contribution >= 4 is 45.5 Å². The van der Waals surface area contributed by atoms with Gasteiger partial charge in [-0.15, -0.1) is 0 Å². The molecule has 3 aromatic rings. The smallest absolute Gasteiger partial charge is 0.342 e. The van der Waals surface area contributed by atoms with Crippen LogP contribution in [0.25, 0.3) is 16.5 Å². The van der Waals surface area contributed by atoms with E-state index in [1.807, 2.05) is 0 Å². The highest BCUT2D eigenvalue weighted by atomic mass is 35.5. The highest BCUT2D eigenvalue weighted by molar-refractivity contribution is 6.34. The summed E-state index contributed by atoms with van der Waals surface area (Å²) in [5.74, 6) is 0.219. The first-order valence-electron chi connectivity index (χ1n) is 6.49. The molecule has 0 bridgehead atoms. The second-order valence-corrected chi connectivity index (χ2v) is 5.73. The van der Waals surface area contributed by atoms with E-state index in [1.54, 1.807) is 25.2 Å². The second-order valence-electron chi connectivity index (χ2n) is 4.88. The number of aromatic nitrogens is 3. The van der Waals surface area contributed by atoms with Gasteiger partial charge < -0.3 is 10.1 Å². The summed E-state index contributed by atoms with van der Waals surface area (Å²) < 4.78 is 1.35. The zero-order valence-electron chi connectivity index (χ0n) is 12.0. The van der Waals surface area contributed by atoms with Crippen LogP contribution >= 0.6 is 23.2 Å². The number of hydrogen-bond acceptors (Lipinski definition) is 4. The van der Waals surface area contributed by atoms with Crippen molar-refractivity contribution in [3.05, 3.63) is 68.7 Å².